The predicted molar refractivity (Wildman–Crippen MR) is 74.3 cm³/mol. The van der Waals surface area contributed by atoms with Crippen molar-refractivity contribution in [2.75, 3.05) is 6.61 Å². The van der Waals surface area contributed by atoms with Gasteiger partial charge in [0.2, 0.25) is 0 Å². The number of hydrogen-bond acceptors (Lipinski definition) is 4. The van der Waals surface area contributed by atoms with E-state index in [1.807, 2.05) is 34.6 Å². The molecule has 5 nitrogen and oxygen atoms in total. The molecule has 108 valence electrons. The summed E-state index contributed by atoms with van der Waals surface area (Å²) in [6, 6.07) is 3.22. The molecule has 0 bridgehead atoms. The fraction of sp³-hybridized carbons (Fsp3) is 0.714. The van der Waals surface area contributed by atoms with Crippen LogP contribution in [0.5, 0.6) is 0 Å². The van der Waals surface area contributed by atoms with E-state index < -0.39 is 6.10 Å². The second-order valence-corrected chi connectivity index (χ2v) is 6.02. The Bertz CT molecular complexity index is 460. The lowest BCUT2D eigenvalue weighted by atomic mass is 9.92. The molecule has 0 radical (unpaired) electrons. The molecule has 1 rings (SSSR count). The van der Waals surface area contributed by atoms with Gasteiger partial charge in [-0.3, -0.25) is 4.79 Å². The van der Waals surface area contributed by atoms with Crippen LogP contribution in [0.1, 0.15) is 40.3 Å². The monoisotopic (exact) mass is 268 g/mol. The zero-order chi connectivity index (χ0) is 14.6. The fourth-order valence-electron chi connectivity index (χ4n) is 1.54. The molecule has 1 aromatic rings. The van der Waals surface area contributed by atoms with E-state index in [0.29, 0.717) is 0 Å². The van der Waals surface area contributed by atoms with E-state index in [9.17, 15) is 9.90 Å². The zero-order valence-corrected chi connectivity index (χ0v) is 12.4. The summed E-state index contributed by atoms with van der Waals surface area (Å²) in [7, 11) is 0. The summed E-state index contributed by atoms with van der Waals surface area (Å²) in [6.07, 6.45) is -0.678. The Labute approximate surface area is 114 Å². The van der Waals surface area contributed by atoms with E-state index in [0.717, 1.165) is 5.69 Å². The molecule has 0 aromatic carbocycles. The van der Waals surface area contributed by atoms with Crippen LogP contribution in [-0.4, -0.2) is 33.7 Å². The molecule has 1 N–H and O–H groups in total. The van der Waals surface area contributed by atoms with Gasteiger partial charge in [-0.2, -0.15) is 5.10 Å². The third-order valence-electron chi connectivity index (χ3n) is 2.64. The molecule has 0 saturated heterocycles. The molecule has 0 spiro atoms. The Hall–Kier alpha value is -1.20. The zero-order valence-electron chi connectivity index (χ0n) is 12.4. The van der Waals surface area contributed by atoms with Gasteiger partial charge in [0, 0.05) is 11.5 Å². The van der Waals surface area contributed by atoms with E-state index >= 15 is 0 Å². The first-order valence-corrected chi connectivity index (χ1v) is 6.58. The third kappa shape index (κ3) is 5.12. The second-order valence-electron chi connectivity index (χ2n) is 6.02. The van der Waals surface area contributed by atoms with Crippen molar-refractivity contribution in [2.24, 2.45) is 0 Å². The van der Waals surface area contributed by atoms with E-state index in [4.69, 9.17) is 4.74 Å². The number of ether oxygens (including phenoxy) is 1. The maximum absolute atomic E-state index is 11.7. The molecule has 1 atom stereocenters. The Morgan fingerprint density at radius 1 is 1.37 bits per heavy atom. The quantitative estimate of drug-likeness (QED) is 0.875. The van der Waals surface area contributed by atoms with Crippen molar-refractivity contribution in [2.45, 2.75) is 58.8 Å². The molecule has 1 unspecified atom stereocenters. The molecule has 0 aliphatic carbocycles. The van der Waals surface area contributed by atoms with Crippen molar-refractivity contribution in [1.82, 2.24) is 9.78 Å². The lowest BCUT2D eigenvalue weighted by molar-refractivity contribution is -0.00269. The molecule has 0 aliphatic rings. The van der Waals surface area contributed by atoms with Crippen LogP contribution in [0.2, 0.25) is 0 Å². The first-order valence-electron chi connectivity index (χ1n) is 6.58. The average molecular weight is 268 g/mol. The number of nitrogens with zero attached hydrogens (tertiary/aromatic N) is 2. The van der Waals surface area contributed by atoms with Crippen LogP contribution < -0.4 is 5.56 Å². The van der Waals surface area contributed by atoms with Crippen LogP contribution in [0.25, 0.3) is 0 Å². The highest BCUT2D eigenvalue weighted by Gasteiger charge is 2.17. The minimum Gasteiger partial charge on any atom is -0.389 e. The smallest absolute Gasteiger partial charge is 0.266 e. The lowest BCUT2D eigenvalue weighted by Gasteiger charge is -2.19. The lowest BCUT2D eigenvalue weighted by Crippen LogP contribution is -2.33. The van der Waals surface area contributed by atoms with Gasteiger partial charge in [0.05, 0.1) is 31.1 Å². The Kier molecular flexibility index (Phi) is 5.26. The van der Waals surface area contributed by atoms with Crippen molar-refractivity contribution >= 4 is 0 Å². The molecule has 0 saturated carbocycles. The molecule has 5 heteroatoms. The van der Waals surface area contributed by atoms with Gasteiger partial charge in [-0.1, -0.05) is 20.8 Å². The minimum absolute atomic E-state index is 0.0558. The second kappa shape index (κ2) is 6.30. The summed E-state index contributed by atoms with van der Waals surface area (Å²) in [5.41, 5.74) is 0.482. The highest BCUT2D eigenvalue weighted by atomic mass is 16.5. The van der Waals surface area contributed by atoms with Gasteiger partial charge in [0.25, 0.3) is 5.56 Å². The molecule has 1 aromatic heterocycles. The van der Waals surface area contributed by atoms with Gasteiger partial charge in [-0.05, 0) is 19.9 Å². The van der Waals surface area contributed by atoms with Crippen molar-refractivity contribution < 1.29 is 9.84 Å². The van der Waals surface area contributed by atoms with Crippen molar-refractivity contribution in [3.05, 3.63) is 28.2 Å². The predicted octanol–water partition coefficient (Wildman–Crippen LogP) is 1.33. The van der Waals surface area contributed by atoms with E-state index in [1.165, 1.54) is 10.7 Å². The fourth-order valence-corrected chi connectivity index (χ4v) is 1.54. The summed E-state index contributed by atoms with van der Waals surface area (Å²) in [5.74, 6) is 0. The van der Waals surface area contributed by atoms with Gasteiger partial charge in [-0.25, -0.2) is 4.68 Å². The maximum Gasteiger partial charge on any atom is 0.266 e. The van der Waals surface area contributed by atoms with Crippen molar-refractivity contribution in [3.8, 4) is 0 Å². The summed E-state index contributed by atoms with van der Waals surface area (Å²) in [5, 5.41) is 14.1. The van der Waals surface area contributed by atoms with Gasteiger partial charge in [0.15, 0.2) is 0 Å². The summed E-state index contributed by atoms with van der Waals surface area (Å²) in [4.78, 5) is 11.7. The van der Waals surface area contributed by atoms with E-state index in [-0.39, 0.29) is 30.2 Å². The first kappa shape index (κ1) is 15.9. The largest absolute Gasteiger partial charge is 0.389 e. The maximum atomic E-state index is 11.7. The van der Waals surface area contributed by atoms with Gasteiger partial charge >= 0.3 is 0 Å². The topological polar surface area (TPSA) is 64.3 Å². The first-order chi connectivity index (χ1) is 8.70. The average Bonchev–Trinajstić information content (AvgIpc) is 2.28. The molecule has 0 aliphatic heterocycles. The Morgan fingerprint density at radius 3 is 2.53 bits per heavy atom. The molecule has 0 amide bonds. The number of hydrogen-bond donors (Lipinski definition) is 1. The van der Waals surface area contributed by atoms with Crippen LogP contribution in [0.4, 0.5) is 0 Å². The summed E-state index contributed by atoms with van der Waals surface area (Å²) < 4.78 is 6.62. The van der Waals surface area contributed by atoms with E-state index in [2.05, 4.69) is 5.10 Å². The Morgan fingerprint density at radius 2 is 2.00 bits per heavy atom. The number of aliphatic hydroxyl groups is 1. The Balaban J connectivity index is 2.80. The van der Waals surface area contributed by atoms with Crippen LogP contribution >= 0.6 is 0 Å². The number of aliphatic hydroxyl groups excluding tert-OH is 1. The number of rotatable bonds is 5. The molecular formula is C14H24N2O3. The van der Waals surface area contributed by atoms with Gasteiger partial charge in [0.1, 0.15) is 0 Å². The highest BCUT2D eigenvalue weighted by molar-refractivity contribution is 5.10. The van der Waals surface area contributed by atoms with Crippen LogP contribution in [0.3, 0.4) is 0 Å². The molecular weight excluding hydrogens is 244 g/mol. The minimum atomic E-state index is -0.734. The molecule has 0 fully saturated rings. The van der Waals surface area contributed by atoms with Crippen LogP contribution in [0, 0.1) is 0 Å². The normalized spacial score (nSPS) is 13.8. The molecule has 19 heavy (non-hydrogen) atoms. The van der Waals surface area contributed by atoms with Crippen molar-refractivity contribution in [3.63, 3.8) is 0 Å². The SMILES string of the molecule is CC(C)OCC(O)Cn1nc(C(C)(C)C)ccc1=O. The highest BCUT2D eigenvalue weighted by Crippen LogP contribution is 2.18. The molecule has 1 heterocycles. The third-order valence-corrected chi connectivity index (χ3v) is 2.64. The van der Waals surface area contributed by atoms with Gasteiger partial charge < -0.3 is 9.84 Å². The summed E-state index contributed by atoms with van der Waals surface area (Å²) in [6.45, 7) is 10.2. The number of aromatic nitrogens is 2. The standard InChI is InChI=1S/C14H24N2O3/c1-10(2)19-9-11(17)8-16-13(18)7-6-12(15-16)14(3,4)5/h6-7,10-11,17H,8-9H2,1-5H3. The van der Waals surface area contributed by atoms with Crippen molar-refractivity contribution in [1.29, 1.82) is 0 Å². The van der Waals surface area contributed by atoms with Crippen LogP contribution in [0.15, 0.2) is 16.9 Å². The van der Waals surface area contributed by atoms with Gasteiger partial charge in [-0.15, -0.1) is 0 Å². The van der Waals surface area contributed by atoms with E-state index in [1.54, 1.807) is 6.07 Å². The van der Waals surface area contributed by atoms with Crippen LogP contribution in [-0.2, 0) is 16.7 Å². The summed E-state index contributed by atoms with van der Waals surface area (Å²) >= 11 is 0.